The van der Waals surface area contributed by atoms with Gasteiger partial charge in [-0.1, -0.05) is 30.7 Å². The van der Waals surface area contributed by atoms with Gasteiger partial charge in [0.2, 0.25) is 0 Å². The summed E-state index contributed by atoms with van der Waals surface area (Å²) in [5, 5.41) is 0. The van der Waals surface area contributed by atoms with Crippen LogP contribution in [0.3, 0.4) is 0 Å². The van der Waals surface area contributed by atoms with Gasteiger partial charge in [-0.05, 0) is 55.3 Å². The highest BCUT2D eigenvalue weighted by Crippen LogP contribution is 2.31. The third kappa shape index (κ3) is 3.72. The lowest BCUT2D eigenvalue weighted by Crippen LogP contribution is -2.22. The molecule has 1 heterocycles. The maximum atomic E-state index is 13.2. The van der Waals surface area contributed by atoms with E-state index in [1.807, 2.05) is 24.3 Å². The molecule has 2 aromatic carbocycles. The lowest BCUT2D eigenvalue weighted by molar-refractivity contribution is 0.00296. The Hall–Kier alpha value is -2.64. The summed E-state index contributed by atoms with van der Waals surface area (Å²) in [6, 6.07) is 14.1. The quantitative estimate of drug-likeness (QED) is 0.842. The maximum absolute atomic E-state index is 13.2. The predicted molar refractivity (Wildman–Crippen MR) is 95.3 cm³/mol. The van der Waals surface area contributed by atoms with E-state index in [0.717, 1.165) is 17.0 Å². The lowest BCUT2D eigenvalue weighted by Gasteiger charge is -2.12. The average molecular weight is 334 g/mol. The molecule has 126 valence electrons. The van der Waals surface area contributed by atoms with Gasteiger partial charge < -0.3 is 0 Å². The second-order valence-corrected chi connectivity index (χ2v) is 6.47. The van der Waals surface area contributed by atoms with E-state index in [0.29, 0.717) is 11.5 Å². The zero-order valence-corrected chi connectivity index (χ0v) is 13.8. The number of halogens is 1. The number of hydroxylamine groups is 1. The fourth-order valence-electron chi connectivity index (χ4n) is 3.30. The van der Waals surface area contributed by atoms with Crippen LogP contribution in [0.25, 0.3) is 0 Å². The highest BCUT2D eigenvalue weighted by atomic mass is 19.1. The maximum Gasteiger partial charge on any atom is 0.180 e. The van der Waals surface area contributed by atoms with Crippen molar-refractivity contribution in [3.05, 3.63) is 71.0 Å². The lowest BCUT2D eigenvalue weighted by atomic mass is 10.1. The Morgan fingerprint density at radius 3 is 2.52 bits per heavy atom. The highest BCUT2D eigenvalue weighted by Gasteiger charge is 2.30. The number of nitrogens with one attached hydrogen (secondary N) is 1. The minimum absolute atomic E-state index is 0.0649. The molecule has 0 saturated heterocycles. The molecule has 1 aliphatic heterocycles. The number of hydrogen-bond acceptors (Lipinski definition) is 3. The Morgan fingerprint density at radius 2 is 1.76 bits per heavy atom. The van der Waals surface area contributed by atoms with Crippen LogP contribution in [0.5, 0.6) is 0 Å². The molecule has 0 amide bonds. The van der Waals surface area contributed by atoms with Crippen molar-refractivity contribution in [3.8, 4) is 11.8 Å². The van der Waals surface area contributed by atoms with Crippen molar-refractivity contribution >= 4 is 5.84 Å². The van der Waals surface area contributed by atoms with E-state index in [2.05, 4.69) is 22.3 Å². The Morgan fingerprint density at radius 1 is 1.00 bits per heavy atom. The van der Waals surface area contributed by atoms with Crippen LogP contribution in [0.4, 0.5) is 4.39 Å². The molecule has 1 saturated carbocycles. The van der Waals surface area contributed by atoms with Gasteiger partial charge in [0.25, 0.3) is 0 Å². The Labute approximate surface area is 146 Å². The van der Waals surface area contributed by atoms with Gasteiger partial charge in [0, 0.05) is 22.6 Å². The SMILES string of the molecule is Fc1cccc(C#Cc2ccc(C3=NC(C4CCCC4)ON3)cc2)c1. The normalized spacial score (nSPS) is 19.9. The molecule has 4 heteroatoms. The zero-order valence-electron chi connectivity index (χ0n) is 13.8. The smallest absolute Gasteiger partial charge is 0.180 e. The third-order valence-corrected chi connectivity index (χ3v) is 4.67. The standard InChI is InChI=1S/C21H19FN2O/c22-19-7-3-4-16(14-19)9-8-15-10-12-17(13-11-15)20-23-21(25-24-20)18-5-1-2-6-18/h3-4,7,10-14,18,21H,1-2,5-6H2,(H,23,24). The molecule has 2 aliphatic rings. The first kappa shape index (κ1) is 15.9. The van der Waals surface area contributed by atoms with Gasteiger partial charge in [0.15, 0.2) is 12.1 Å². The molecular formula is C21H19FN2O. The first-order chi connectivity index (χ1) is 12.3. The fraction of sp³-hybridized carbons (Fsp3) is 0.286. The number of aliphatic imine (C=N–C) groups is 1. The Bertz CT molecular complexity index is 842. The van der Waals surface area contributed by atoms with Crippen molar-refractivity contribution in [1.82, 2.24) is 5.48 Å². The molecule has 4 rings (SSSR count). The van der Waals surface area contributed by atoms with E-state index in [-0.39, 0.29) is 12.0 Å². The van der Waals surface area contributed by atoms with Gasteiger partial charge in [-0.25, -0.2) is 19.7 Å². The third-order valence-electron chi connectivity index (χ3n) is 4.67. The van der Waals surface area contributed by atoms with Crippen LogP contribution in [0, 0.1) is 23.6 Å². The van der Waals surface area contributed by atoms with Crippen LogP contribution in [0.2, 0.25) is 0 Å². The summed E-state index contributed by atoms with van der Waals surface area (Å²) in [4.78, 5) is 10.3. The van der Waals surface area contributed by atoms with Gasteiger partial charge in [-0.3, -0.25) is 0 Å². The van der Waals surface area contributed by atoms with Crippen LogP contribution in [-0.2, 0) is 4.84 Å². The number of nitrogens with zero attached hydrogens (tertiary/aromatic N) is 1. The summed E-state index contributed by atoms with van der Waals surface area (Å²) in [5.41, 5.74) is 5.48. The van der Waals surface area contributed by atoms with Gasteiger partial charge in [-0.2, -0.15) is 0 Å². The first-order valence-corrected chi connectivity index (χ1v) is 8.65. The molecule has 0 bridgehead atoms. The van der Waals surface area contributed by atoms with Crippen molar-refractivity contribution < 1.29 is 9.23 Å². The monoisotopic (exact) mass is 334 g/mol. The summed E-state index contributed by atoms with van der Waals surface area (Å²) >= 11 is 0. The highest BCUT2D eigenvalue weighted by molar-refractivity contribution is 5.98. The van der Waals surface area contributed by atoms with E-state index < -0.39 is 0 Å². The molecule has 25 heavy (non-hydrogen) atoms. The summed E-state index contributed by atoms with van der Waals surface area (Å²) < 4.78 is 13.2. The molecule has 1 fully saturated rings. The van der Waals surface area contributed by atoms with Crippen LogP contribution in [-0.4, -0.2) is 12.1 Å². The minimum Gasteiger partial charge on any atom is -0.247 e. The van der Waals surface area contributed by atoms with Crippen molar-refractivity contribution in [1.29, 1.82) is 0 Å². The molecule has 0 aromatic heterocycles. The Balaban J connectivity index is 1.46. The van der Waals surface area contributed by atoms with E-state index in [1.165, 1.54) is 37.8 Å². The van der Waals surface area contributed by atoms with E-state index in [4.69, 9.17) is 4.84 Å². The van der Waals surface area contributed by atoms with Crippen molar-refractivity contribution in [2.75, 3.05) is 0 Å². The predicted octanol–water partition coefficient (Wildman–Crippen LogP) is 4.02. The van der Waals surface area contributed by atoms with Crippen molar-refractivity contribution in [2.24, 2.45) is 10.9 Å². The molecule has 0 spiro atoms. The van der Waals surface area contributed by atoms with Crippen LogP contribution in [0.1, 0.15) is 42.4 Å². The van der Waals surface area contributed by atoms with Gasteiger partial charge in [0.05, 0.1) is 0 Å². The number of hydrogen-bond donors (Lipinski definition) is 1. The molecular weight excluding hydrogens is 315 g/mol. The first-order valence-electron chi connectivity index (χ1n) is 8.65. The summed E-state index contributed by atoms with van der Waals surface area (Å²) in [6.07, 6.45) is 4.86. The van der Waals surface area contributed by atoms with Crippen molar-refractivity contribution in [2.45, 2.75) is 31.9 Å². The molecule has 1 atom stereocenters. The van der Waals surface area contributed by atoms with Crippen molar-refractivity contribution in [3.63, 3.8) is 0 Å². The van der Waals surface area contributed by atoms with Crippen LogP contribution < -0.4 is 5.48 Å². The molecule has 0 radical (unpaired) electrons. The summed E-state index contributed by atoms with van der Waals surface area (Å²) in [5.74, 6) is 7.06. The number of rotatable bonds is 2. The molecule has 1 N–H and O–H groups in total. The average Bonchev–Trinajstić information content (AvgIpc) is 3.32. The molecule has 2 aromatic rings. The second kappa shape index (κ2) is 7.08. The second-order valence-electron chi connectivity index (χ2n) is 6.47. The number of benzene rings is 2. The van der Waals surface area contributed by atoms with E-state index >= 15 is 0 Å². The van der Waals surface area contributed by atoms with E-state index in [9.17, 15) is 4.39 Å². The molecule has 1 unspecified atom stereocenters. The molecule has 1 aliphatic carbocycles. The van der Waals surface area contributed by atoms with Crippen LogP contribution in [0.15, 0.2) is 53.5 Å². The molecule has 3 nitrogen and oxygen atoms in total. The Kier molecular flexibility index (Phi) is 4.49. The van der Waals surface area contributed by atoms with Gasteiger partial charge in [0.1, 0.15) is 5.82 Å². The minimum atomic E-state index is -0.274. The largest absolute Gasteiger partial charge is 0.247 e. The van der Waals surface area contributed by atoms with Crippen LogP contribution >= 0.6 is 0 Å². The summed E-state index contributed by atoms with van der Waals surface area (Å²) in [6.45, 7) is 0. The topological polar surface area (TPSA) is 33.6 Å². The summed E-state index contributed by atoms with van der Waals surface area (Å²) in [7, 11) is 0. The van der Waals surface area contributed by atoms with E-state index in [1.54, 1.807) is 12.1 Å². The zero-order chi connectivity index (χ0) is 17.1. The van der Waals surface area contributed by atoms with Gasteiger partial charge >= 0.3 is 0 Å². The number of amidine groups is 1. The van der Waals surface area contributed by atoms with Gasteiger partial charge in [-0.15, -0.1) is 0 Å². The fourth-order valence-corrected chi connectivity index (χ4v) is 3.30.